The van der Waals surface area contributed by atoms with Gasteiger partial charge in [0, 0.05) is 25.2 Å². The average molecular weight is 365 g/mol. The van der Waals surface area contributed by atoms with Gasteiger partial charge in [-0.25, -0.2) is 22.1 Å². The summed E-state index contributed by atoms with van der Waals surface area (Å²) in [6, 6.07) is 6.07. The van der Waals surface area contributed by atoms with Gasteiger partial charge < -0.3 is 4.74 Å². The first kappa shape index (κ1) is 17.8. The molecule has 0 amide bonds. The lowest BCUT2D eigenvalue weighted by molar-refractivity contribution is 0.311. The van der Waals surface area contributed by atoms with Crippen LogP contribution in [0.25, 0.3) is 0 Å². The van der Waals surface area contributed by atoms with Crippen LogP contribution in [0.5, 0.6) is 11.6 Å². The van der Waals surface area contributed by atoms with Crippen molar-refractivity contribution >= 4 is 10.0 Å². The standard InChI is InChI=1S/C17H20FN3O3S/c1-2-25(22,23)21-9-5-6-13(12-21)15-10-19-11-17(20-15)24-16-8-4-3-7-14(16)18/h3-4,7-8,10-11,13H,2,5-6,9,12H2,1H3/t13-/m0/s1. The number of ether oxygens (including phenoxy) is 1. The number of hydrogen-bond acceptors (Lipinski definition) is 5. The van der Waals surface area contributed by atoms with E-state index >= 15 is 0 Å². The van der Waals surface area contributed by atoms with Gasteiger partial charge in [0.25, 0.3) is 0 Å². The van der Waals surface area contributed by atoms with Crippen molar-refractivity contribution in [3.8, 4) is 11.6 Å². The van der Waals surface area contributed by atoms with E-state index in [0.717, 1.165) is 12.8 Å². The Morgan fingerprint density at radius 2 is 2.12 bits per heavy atom. The van der Waals surface area contributed by atoms with Gasteiger partial charge in [-0.15, -0.1) is 0 Å². The number of benzene rings is 1. The number of aromatic nitrogens is 2. The van der Waals surface area contributed by atoms with Gasteiger partial charge in [-0.2, -0.15) is 0 Å². The van der Waals surface area contributed by atoms with Crippen molar-refractivity contribution in [2.45, 2.75) is 25.7 Å². The van der Waals surface area contributed by atoms with Crippen LogP contribution in [0.3, 0.4) is 0 Å². The predicted molar refractivity (Wildman–Crippen MR) is 91.5 cm³/mol. The van der Waals surface area contributed by atoms with E-state index in [0.29, 0.717) is 18.8 Å². The molecule has 8 heteroatoms. The highest BCUT2D eigenvalue weighted by molar-refractivity contribution is 7.89. The summed E-state index contributed by atoms with van der Waals surface area (Å²) >= 11 is 0. The first-order chi connectivity index (χ1) is 12.0. The van der Waals surface area contributed by atoms with Crippen molar-refractivity contribution in [3.05, 3.63) is 48.2 Å². The van der Waals surface area contributed by atoms with E-state index in [1.54, 1.807) is 25.3 Å². The molecule has 0 N–H and O–H groups in total. The van der Waals surface area contributed by atoms with E-state index in [1.807, 2.05) is 0 Å². The SMILES string of the molecule is CCS(=O)(=O)N1CCC[C@H](c2cncc(Oc3ccccc3F)n2)C1. The van der Waals surface area contributed by atoms with Crippen molar-refractivity contribution < 1.29 is 17.5 Å². The predicted octanol–water partition coefficient (Wildman–Crippen LogP) is 2.94. The van der Waals surface area contributed by atoms with Gasteiger partial charge in [0.15, 0.2) is 11.6 Å². The third-order valence-corrected chi connectivity index (χ3v) is 6.09. The number of piperidine rings is 1. The van der Waals surface area contributed by atoms with Crippen molar-refractivity contribution in [1.29, 1.82) is 0 Å². The molecule has 6 nitrogen and oxygen atoms in total. The number of halogens is 1. The summed E-state index contributed by atoms with van der Waals surface area (Å²) < 4.78 is 44.9. The second-order valence-corrected chi connectivity index (χ2v) is 8.17. The largest absolute Gasteiger partial charge is 0.434 e. The third kappa shape index (κ3) is 4.13. The number of sulfonamides is 1. The van der Waals surface area contributed by atoms with Crippen LogP contribution in [0.4, 0.5) is 4.39 Å². The maximum absolute atomic E-state index is 13.7. The van der Waals surface area contributed by atoms with Crippen LogP contribution >= 0.6 is 0 Å². The van der Waals surface area contributed by atoms with Crippen LogP contribution in [0.1, 0.15) is 31.4 Å². The Hall–Kier alpha value is -2.06. The Bertz CT molecular complexity index is 845. The second-order valence-electron chi connectivity index (χ2n) is 5.91. The maximum Gasteiger partial charge on any atom is 0.238 e. The van der Waals surface area contributed by atoms with Crippen LogP contribution in [0.15, 0.2) is 36.7 Å². The summed E-state index contributed by atoms with van der Waals surface area (Å²) in [7, 11) is -3.22. The zero-order valence-electron chi connectivity index (χ0n) is 13.9. The van der Waals surface area contributed by atoms with Gasteiger partial charge in [0.05, 0.1) is 17.6 Å². The molecule has 1 saturated heterocycles. The summed E-state index contributed by atoms with van der Waals surface area (Å²) in [4.78, 5) is 8.52. The molecule has 1 aromatic heterocycles. The van der Waals surface area contributed by atoms with Crippen molar-refractivity contribution in [1.82, 2.24) is 14.3 Å². The first-order valence-electron chi connectivity index (χ1n) is 8.21. The molecule has 0 spiro atoms. The molecule has 2 heterocycles. The van der Waals surface area contributed by atoms with E-state index < -0.39 is 15.8 Å². The van der Waals surface area contributed by atoms with Crippen LogP contribution in [-0.2, 0) is 10.0 Å². The van der Waals surface area contributed by atoms with Crippen molar-refractivity contribution in [3.63, 3.8) is 0 Å². The van der Waals surface area contributed by atoms with E-state index in [1.165, 1.54) is 22.6 Å². The van der Waals surface area contributed by atoms with E-state index in [2.05, 4.69) is 9.97 Å². The van der Waals surface area contributed by atoms with Crippen molar-refractivity contribution in [2.24, 2.45) is 0 Å². The second kappa shape index (κ2) is 7.45. The average Bonchev–Trinajstić information content (AvgIpc) is 2.64. The minimum atomic E-state index is -3.22. The fraction of sp³-hybridized carbons (Fsp3) is 0.412. The highest BCUT2D eigenvalue weighted by Crippen LogP contribution is 2.29. The smallest absolute Gasteiger partial charge is 0.238 e. The van der Waals surface area contributed by atoms with Gasteiger partial charge in [-0.1, -0.05) is 12.1 Å². The molecule has 1 aliphatic heterocycles. The quantitative estimate of drug-likeness (QED) is 0.815. The van der Waals surface area contributed by atoms with Crippen LogP contribution < -0.4 is 4.74 Å². The summed E-state index contributed by atoms with van der Waals surface area (Å²) in [5.74, 6) is -0.174. The molecular weight excluding hydrogens is 345 g/mol. The molecule has 1 aliphatic rings. The van der Waals surface area contributed by atoms with Gasteiger partial charge >= 0.3 is 0 Å². The Morgan fingerprint density at radius 1 is 1.32 bits per heavy atom. The lowest BCUT2D eigenvalue weighted by Crippen LogP contribution is -2.40. The van der Waals surface area contributed by atoms with Crippen molar-refractivity contribution in [2.75, 3.05) is 18.8 Å². The highest BCUT2D eigenvalue weighted by atomic mass is 32.2. The Labute approximate surface area is 146 Å². The molecule has 1 aromatic carbocycles. The lowest BCUT2D eigenvalue weighted by Gasteiger charge is -2.31. The zero-order valence-corrected chi connectivity index (χ0v) is 14.7. The summed E-state index contributed by atoms with van der Waals surface area (Å²) in [6.07, 6.45) is 4.62. The Balaban J connectivity index is 1.78. The molecule has 3 rings (SSSR count). The fourth-order valence-corrected chi connectivity index (χ4v) is 4.05. The van der Waals surface area contributed by atoms with Gasteiger partial charge in [-0.05, 0) is 31.9 Å². The summed E-state index contributed by atoms with van der Waals surface area (Å²) in [5, 5.41) is 0. The third-order valence-electron chi connectivity index (χ3n) is 4.24. The molecule has 0 saturated carbocycles. The van der Waals surface area contributed by atoms with E-state index in [-0.39, 0.29) is 23.3 Å². The monoisotopic (exact) mass is 365 g/mol. The van der Waals surface area contributed by atoms with Gasteiger partial charge in [0.2, 0.25) is 15.9 Å². The number of rotatable bonds is 5. The summed E-state index contributed by atoms with van der Waals surface area (Å²) in [5.41, 5.74) is 0.657. The summed E-state index contributed by atoms with van der Waals surface area (Å²) in [6.45, 7) is 2.56. The Morgan fingerprint density at radius 3 is 2.88 bits per heavy atom. The molecule has 0 aliphatic carbocycles. The number of hydrogen-bond donors (Lipinski definition) is 0. The first-order valence-corrected chi connectivity index (χ1v) is 9.82. The molecular formula is C17H20FN3O3S. The van der Waals surface area contributed by atoms with Crippen LogP contribution in [-0.4, -0.2) is 41.5 Å². The van der Waals surface area contributed by atoms with Crippen LogP contribution in [0.2, 0.25) is 0 Å². The minimum Gasteiger partial charge on any atom is -0.434 e. The number of nitrogens with zero attached hydrogens (tertiary/aromatic N) is 3. The normalized spacial score (nSPS) is 18.9. The maximum atomic E-state index is 13.7. The molecule has 1 atom stereocenters. The van der Waals surface area contributed by atoms with Gasteiger partial charge in [-0.3, -0.25) is 4.98 Å². The molecule has 0 unspecified atom stereocenters. The minimum absolute atomic E-state index is 0.0493. The number of para-hydroxylation sites is 1. The lowest BCUT2D eigenvalue weighted by atomic mass is 9.96. The molecule has 0 radical (unpaired) electrons. The molecule has 2 aromatic rings. The van der Waals surface area contributed by atoms with Crippen LogP contribution in [0, 0.1) is 5.82 Å². The molecule has 0 bridgehead atoms. The fourth-order valence-electron chi connectivity index (χ4n) is 2.87. The zero-order chi connectivity index (χ0) is 17.9. The van der Waals surface area contributed by atoms with E-state index in [4.69, 9.17) is 4.74 Å². The highest BCUT2D eigenvalue weighted by Gasteiger charge is 2.29. The molecule has 1 fully saturated rings. The van der Waals surface area contributed by atoms with E-state index in [9.17, 15) is 12.8 Å². The molecule has 134 valence electrons. The Kier molecular flexibility index (Phi) is 5.29. The molecule has 25 heavy (non-hydrogen) atoms. The van der Waals surface area contributed by atoms with Gasteiger partial charge in [0.1, 0.15) is 0 Å². The topological polar surface area (TPSA) is 72.4 Å².